The molecule has 2 aromatic rings. The van der Waals surface area contributed by atoms with E-state index in [0.717, 1.165) is 42.7 Å². The number of amides is 2. The summed E-state index contributed by atoms with van der Waals surface area (Å²) < 4.78 is 26.3. The van der Waals surface area contributed by atoms with Crippen molar-refractivity contribution in [2.75, 3.05) is 17.1 Å². The number of carbonyl (C=O) groups excluding carboxylic acids is 2. The summed E-state index contributed by atoms with van der Waals surface area (Å²) in [5, 5.41) is 4.24. The van der Waals surface area contributed by atoms with Crippen LogP contribution in [0.5, 0.6) is 0 Å². The fourth-order valence-corrected chi connectivity index (χ4v) is 5.82. The fraction of sp³-hybridized carbons (Fsp3) is 0.462. The number of hydrogen-bond donors (Lipinski definition) is 1. The van der Waals surface area contributed by atoms with Crippen molar-refractivity contribution in [3.8, 4) is 0 Å². The Kier molecular flexibility index (Phi) is 10.5. The van der Waals surface area contributed by atoms with Gasteiger partial charge >= 0.3 is 0 Å². The van der Waals surface area contributed by atoms with E-state index >= 15 is 0 Å². The van der Waals surface area contributed by atoms with Gasteiger partial charge in [-0.1, -0.05) is 67.1 Å². The highest BCUT2D eigenvalue weighted by Crippen LogP contribution is 2.26. The molecule has 3 rings (SSSR count). The molecule has 1 N–H and O–H groups in total. The highest BCUT2D eigenvalue weighted by molar-refractivity contribution is 7.92. The zero-order valence-corrected chi connectivity index (χ0v) is 24.0. The number of hydrogen-bond acceptors (Lipinski definition) is 4. The van der Waals surface area contributed by atoms with E-state index in [-0.39, 0.29) is 18.5 Å². The van der Waals surface area contributed by atoms with Gasteiger partial charge in [0.05, 0.1) is 22.0 Å². The summed E-state index contributed by atoms with van der Waals surface area (Å²) in [6.07, 6.45) is 6.45. The molecule has 0 radical (unpaired) electrons. The minimum atomic E-state index is -3.82. The summed E-state index contributed by atoms with van der Waals surface area (Å²) in [4.78, 5) is 28.6. The van der Waals surface area contributed by atoms with Crippen LogP contribution in [0.3, 0.4) is 0 Å². The molecule has 1 fully saturated rings. The van der Waals surface area contributed by atoms with Crippen molar-refractivity contribution in [2.24, 2.45) is 0 Å². The average molecular weight is 589 g/mol. The molecular weight excluding hydrogens is 557 g/mol. The van der Waals surface area contributed by atoms with Crippen molar-refractivity contribution >= 4 is 62.3 Å². The first kappa shape index (κ1) is 29.6. The summed E-state index contributed by atoms with van der Waals surface area (Å²) in [7, 11) is -3.82. The van der Waals surface area contributed by atoms with E-state index in [1.165, 1.54) is 17.0 Å². The highest BCUT2D eigenvalue weighted by Gasteiger charge is 2.33. The van der Waals surface area contributed by atoms with Gasteiger partial charge in [0.15, 0.2) is 0 Å². The summed E-state index contributed by atoms with van der Waals surface area (Å²) in [5.41, 5.74) is 0.971. The lowest BCUT2D eigenvalue weighted by atomic mass is 9.95. The van der Waals surface area contributed by atoms with Crippen molar-refractivity contribution in [1.29, 1.82) is 0 Å². The Labute approximate surface area is 234 Å². The number of sulfonamides is 1. The lowest BCUT2D eigenvalue weighted by Crippen LogP contribution is -2.53. The van der Waals surface area contributed by atoms with Crippen molar-refractivity contribution in [2.45, 2.75) is 64.1 Å². The Morgan fingerprint density at radius 3 is 2.22 bits per heavy atom. The zero-order valence-electron chi connectivity index (χ0n) is 20.9. The van der Waals surface area contributed by atoms with E-state index in [2.05, 4.69) is 5.32 Å². The SMILES string of the molecule is CC[C@@H](C(=O)NC1CCCCC1)N(Cc1ccc(Cl)c(Cl)c1)C(=O)CN(c1ccc(Cl)cc1)S(C)(=O)=O. The first-order valence-corrected chi connectivity index (χ1v) is 15.2. The van der Waals surface area contributed by atoms with Crippen molar-refractivity contribution in [1.82, 2.24) is 10.2 Å². The van der Waals surface area contributed by atoms with Gasteiger partial charge in [-0.3, -0.25) is 13.9 Å². The lowest BCUT2D eigenvalue weighted by Gasteiger charge is -2.34. The fourth-order valence-electron chi connectivity index (χ4n) is 4.52. The second-order valence-electron chi connectivity index (χ2n) is 9.28. The summed E-state index contributed by atoms with van der Waals surface area (Å²) in [6, 6.07) is 10.5. The predicted molar refractivity (Wildman–Crippen MR) is 150 cm³/mol. The number of nitrogens with one attached hydrogen (secondary N) is 1. The predicted octanol–water partition coefficient (Wildman–Crippen LogP) is 5.67. The van der Waals surface area contributed by atoms with Gasteiger partial charge in [0, 0.05) is 17.6 Å². The molecule has 0 bridgehead atoms. The number of rotatable bonds is 10. The van der Waals surface area contributed by atoms with Gasteiger partial charge in [0.25, 0.3) is 0 Å². The third kappa shape index (κ3) is 8.24. The molecule has 7 nitrogen and oxygen atoms in total. The smallest absolute Gasteiger partial charge is 0.244 e. The Bertz CT molecular complexity index is 1200. The third-order valence-corrected chi connectivity index (χ3v) is 8.60. The normalized spacial score (nSPS) is 15.2. The molecule has 0 saturated heterocycles. The molecule has 1 aliphatic carbocycles. The maximum Gasteiger partial charge on any atom is 0.244 e. The molecule has 11 heteroatoms. The standard InChI is InChI=1S/C26H32Cl3N3O4S/c1-3-24(26(34)30-20-7-5-4-6-8-20)31(16-18-9-14-22(28)23(29)15-18)25(33)17-32(37(2,35)36)21-12-10-19(27)11-13-21/h9-15,20,24H,3-8,16-17H2,1-2H3,(H,30,34)/t24-/m0/s1. The summed E-state index contributed by atoms with van der Waals surface area (Å²) in [6.45, 7) is 1.41. The van der Waals surface area contributed by atoms with E-state index in [4.69, 9.17) is 34.8 Å². The van der Waals surface area contributed by atoms with Gasteiger partial charge in [0.1, 0.15) is 12.6 Å². The molecule has 0 spiro atoms. The van der Waals surface area contributed by atoms with Gasteiger partial charge in [0.2, 0.25) is 21.8 Å². The van der Waals surface area contributed by atoms with Gasteiger partial charge in [-0.2, -0.15) is 0 Å². The quantitative estimate of drug-likeness (QED) is 0.388. The first-order chi connectivity index (χ1) is 17.5. The first-order valence-electron chi connectivity index (χ1n) is 12.3. The van der Waals surface area contributed by atoms with Crippen molar-refractivity contribution in [3.05, 3.63) is 63.1 Å². The Balaban J connectivity index is 1.92. The van der Waals surface area contributed by atoms with Crippen molar-refractivity contribution in [3.63, 3.8) is 0 Å². The monoisotopic (exact) mass is 587 g/mol. The zero-order chi connectivity index (χ0) is 27.2. The molecule has 2 aromatic carbocycles. The van der Waals surface area contributed by atoms with Crippen LogP contribution in [-0.4, -0.2) is 50.0 Å². The van der Waals surface area contributed by atoms with E-state index in [1.54, 1.807) is 30.3 Å². The van der Waals surface area contributed by atoms with E-state index in [9.17, 15) is 18.0 Å². The minimum absolute atomic E-state index is 0.0601. The van der Waals surface area contributed by atoms with Crippen LogP contribution < -0.4 is 9.62 Å². The van der Waals surface area contributed by atoms with Crippen LogP contribution in [0, 0.1) is 0 Å². The molecule has 0 unspecified atom stereocenters. The number of halogens is 3. The van der Waals surface area contributed by atoms with Gasteiger partial charge < -0.3 is 10.2 Å². The minimum Gasteiger partial charge on any atom is -0.352 e. The van der Waals surface area contributed by atoms with Crippen LogP contribution in [0.4, 0.5) is 5.69 Å². The average Bonchev–Trinajstić information content (AvgIpc) is 2.85. The second kappa shape index (κ2) is 13.2. The van der Waals surface area contributed by atoms with Crippen LogP contribution in [0.25, 0.3) is 0 Å². The molecule has 1 aliphatic rings. The number of anilines is 1. The molecular formula is C26H32Cl3N3O4S. The lowest BCUT2D eigenvalue weighted by molar-refractivity contribution is -0.140. The largest absolute Gasteiger partial charge is 0.352 e. The number of nitrogens with zero attached hydrogens (tertiary/aromatic N) is 2. The molecule has 0 aliphatic heterocycles. The van der Waals surface area contributed by atoms with Gasteiger partial charge in [-0.05, 0) is 61.2 Å². The Morgan fingerprint density at radius 1 is 1.00 bits per heavy atom. The van der Waals surface area contributed by atoms with Crippen LogP contribution in [0.1, 0.15) is 51.0 Å². The van der Waals surface area contributed by atoms with Crippen LogP contribution in [0.2, 0.25) is 15.1 Å². The van der Waals surface area contributed by atoms with Gasteiger partial charge in [-0.25, -0.2) is 8.42 Å². The third-order valence-electron chi connectivity index (χ3n) is 6.47. The number of carbonyl (C=O) groups is 2. The summed E-state index contributed by atoms with van der Waals surface area (Å²) >= 11 is 18.2. The molecule has 0 heterocycles. The van der Waals surface area contributed by atoms with Gasteiger partial charge in [-0.15, -0.1) is 0 Å². The Morgan fingerprint density at radius 2 is 1.65 bits per heavy atom. The topological polar surface area (TPSA) is 86.8 Å². The number of benzene rings is 2. The highest BCUT2D eigenvalue weighted by atomic mass is 35.5. The molecule has 0 aromatic heterocycles. The molecule has 202 valence electrons. The van der Waals surface area contributed by atoms with E-state index < -0.39 is 28.5 Å². The van der Waals surface area contributed by atoms with Crippen LogP contribution in [0.15, 0.2) is 42.5 Å². The maximum absolute atomic E-state index is 13.7. The Hall–Kier alpha value is -2.00. The van der Waals surface area contributed by atoms with Crippen LogP contribution in [-0.2, 0) is 26.2 Å². The molecule has 37 heavy (non-hydrogen) atoms. The van der Waals surface area contributed by atoms with Crippen molar-refractivity contribution < 1.29 is 18.0 Å². The van der Waals surface area contributed by atoms with E-state index in [1.807, 2.05) is 6.92 Å². The van der Waals surface area contributed by atoms with Crippen LogP contribution >= 0.6 is 34.8 Å². The van der Waals surface area contributed by atoms with E-state index in [0.29, 0.717) is 32.7 Å². The molecule has 2 amide bonds. The summed E-state index contributed by atoms with van der Waals surface area (Å²) in [5.74, 6) is -0.766. The molecule has 1 saturated carbocycles. The maximum atomic E-state index is 13.7. The second-order valence-corrected chi connectivity index (χ2v) is 12.4. The molecule has 1 atom stereocenters.